The molecule has 0 saturated carbocycles. The average Bonchev–Trinajstić information content (AvgIpc) is 3.08. The molecule has 0 saturated heterocycles. The van der Waals surface area contributed by atoms with Gasteiger partial charge in [0.25, 0.3) is 0 Å². The number of alkyl halides is 3. The minimum atomic E-state index is -4.65. The zero-order valence-electron chi connectivity index (χ0n) is 14.6. The Kier molecular flexibility index (Phi) is 4.92. The molecule has 4 rings (SSSR count). The molecule has 6 nitrogen and oxygen atoms in total. The van der Waals surface area contributed by atoms with E-state index < -0.39 is 24.5 Å². The number of amides is 1. The molecule has 2 aromatic heterocycles. The van der Waals surface area contributed by atoms with Crippen LogP contribution in [0.15, 0.2) is 18.5 Å². The molecule has 3 aromatic rings. The van der Waals surface area contributed by atoms with Gasteiger partial charge in [0.15, 0.2) is 0 Å². The number of aliphatic hydroxyl groups excluding tert-OH is 1. The Labute approximate surface area is 172 Å². The third-order valence-corrected chi connectivity index (χ3v) is 5.63. The first-order chi connectivity index (χ1) is 13.7. The lowest BCUT2D eigenvalue weighted by molar-refractivity contribution is -0.145. The van der Waals surface area contributed by atoms with E-state index in [-0.39, 0.29) is 16.6 Å². The molecule has 3 heterocycles. The van der Waals surface area contributed by atoms with Crippen LogP contribution in [-0.2, 0) is 23.9 Å². The number of benzene rings is 1. The fourth-order valence-electron chi connectivity index (χ4n) is 3.49. The van der Waals surface area contributed by atoms with Crippen molar-refractivity contribution in [1.82, 2.24) is 19.9 Å². The first kappa shape index (κ1) is 19.9. The predicted molar refractivity (Wildman–Crippen MR) is 101 cm³/mol. The lowest BCUT2D eigenvalue weighted by Crippen LogP contribution is -2.37. The maximum atomic E-state index is 12.8. The summed E-state index contributed by atoms with van der Waals surface area (Å²) in [6.45, 7) is 0.0361. The number of carbonyl (C=O) groups excluding carboxylic acids is 1. The number of nitrogens with one attached hydrogen (secondary N) is 1. The van der Waals surface area contributed by atoms with E-state index in [1.807, 2.05) is 0 Å². The number of aromatic amines is 1. The second-order valence-electron chi connectivity index (χ2n) is 6.57. The number of aliphatic hydroxyl groups is 1. The van der Waals surface area contributed by atoms with E-state index in [1.54, 1.807) is 6.07 Å². The highest BCUT2D eigenvalue weighted by molar-refractivity contribution is 6.45. The molecule has 0 spiro atoms. The van der Waals surface area contributed by atoms with Crippen molar-refractivity contribution in [3.63, 3.8) is 0 Å². The highest BCUT2D eigenvalue weighted by Gasteiger charge is 2.34. The average molecular weight is 445 g/mol. The molecule has 0 aliphatic carbocycles. The predicted octanol–water partition coefficient (Wildman–Crippen LogP) is 3.83. The summed E-state index contributed by atoms with van der Waals surface area (Å²) >= 11 is 12.6. The summed E-state index contributed by atoms with van der Waals surface area (Å²) in [5, 5.41) is 10.3. The number of rotatable bonds is 2. The molecular formula is C18H13Cl2F3N4O2. The summed E-state index contributed by atoms with van der Waals surface area (Å²) in [6, 6.07) is 1.54. The molecule has 11 heteroatoms. The van der Waals surface area contributed by atoms with Crippen molar-refractivity contribution in [1.29, 1.82) is 0 Å². The second-order valence-corrected chi connectivity index (χ2v) is 7.35. The number of fused-ring (bicyclic) bond motifs is 3. The lowest BCUT2D eigenvalue weighted by Gasteiger charge is -2.27. The molecule has 0 fully saturated rings. The smallest absolute Gasteiger partial charge is 0.387 e. The van der Waals surface area contributed by atoms with Gasteiger partial charge < -0.3 is 15.0 Å². The van der Waals surface area contributed by atoms with Crippen molar-refractivity contribution in [2.45, 2.75) is 19.1 Å². The highest BCUT2D eigenvalue weighted by Crippen LogP contribution is 2.42. The summed E-state index contributed by atoms with van der Waals surface area (Å²) in [6.07, 6.45) is -1.99. The molecule has 0 atom stereocenters. The maximum absolute atomic E-state index is 12.8. The van der Waals surface area contributed by atoms with Crippen molar-refractivity contribution in [2.24, 2.45) is 0 Å². The molecule has 1 aliphatic heterocycles. The van der Waals surface area contributed by atoms with Gasteiger partial charge in [-0.05, 0) is 11.6 Å². The van der Waals surface area contributed by atoms with E-state index in [9.17, 15) is 18.0 Å². The van der Waals surface area contributed by atoms with Crippen molar-refractivity contribution < 1.29 is 23.1 Å². The molecule has 0 radical (unpaired) electrons. The van der Waals surface area contributed by atoms with Gasteiger partial charge in [-0.1, -0.05) is 23.2 Å². The van der Waals surface area contributed by atoms with Crippen LogP contribution in [0.4, 0.5) is 13.2 Å². The van der Waals surface area contributed by atoms with Gasteiger partial charge in [0.05, 0.1) is 15.6 Å². The summed E-state index contributed by atoms with van der Waals surface area (Å²) in [4.78, 5) is 23.5. The van der Waals surface area contributed by atoms with E-state index in [1.165, 1.54) is 4.90 Å². The van der Waals surface area contributed by atoms with Gasteiger partial charge in [0.2, 0.25) is 11.7 Å². The number of carbonyl (C=O) groups is 1. The molecule has 0 unspecified atom stereocenters. The molecule has 152 valence electrons. The Balaban J connectivity index is 1.90. The van der Waals surface area contributed by atoms with E-state index in [0.29, 0.717) is 35.0 Å². The van der Waals surface area contributed by atoms with E-state index >= 15 is 0 Å². The van der Waals surface area contributed by atoms with Gasteiger partial charge in [0, 0.05) is 54.1 Å². The zero-order valence-corrected chi connectivity index (χ0v) is 16.2. The molecule has 1 amide bonds. The Morgan fingerprint density at radius 3 is 2.59 bits per heavy atom. The van der Waals surface area contributed by atoms with Crippen molar-refractivity contribution in [3.05, 3.63) is 45.6 Å². The number of hydrogen-bond acceptors (Lipinski definition) is 4. The Morgan fingerprint density at radius 1 is 1.28 bits per heavy atom. The van der Waals surface area contributed by atoms with Crippen molar-refractivity contribution in [2.75, 3.05) is 13.2 Å². The summed E-state index contributed by atoms with van der Waals surface area (Å²) in [5.41, 5.74) is 2.96. The minimum absolute atomic E-state index is 0.218. The van der Waals surface area contributed by atoms with Crippen LogP contribution in [0.2, 0.25) is 10.0 Å². The van der Waals surface area contributed by atoms with Crippen LogP contribution in [0.25, 0.3) is 22.0 Å². The minimum Gasteiger partial charge on any atom is -0.387 e. The third-order valence-electron chi connectivity index (χ3n) is 4.85. The van der Waals surface area contributed by atoms with Crippen LogP contribution in [0.1, 0.15) is 17.1 Å². The molecular weight excluding hydrogens is 432 g/mol. The molecule has 0 bridgehead atoms. The number of aromatic nitrogens is 3. The SMILES string of the molecule is O=C(CO)N1CCc2[nH]c3c(Cl)c(Cl)cc(-c4cnc(C(F)(F)F)nc4)c3c2C1. The molecule has 1 aliphatic rings. The molecule has 2 N–H and O–H groups in total. The third kappa shape index (κ3) is 3.43. The Morgan fingerprint density at radius 2 is 1.97 bits per heavy atom. The van der Waals surface area contributed by atoms with Gasteiger partial charge in [-0.25, -0.2) is 9.97 Å². The largest absolute Gasteiger partial charge is 0.451 e. The second kappa shape index (κ2) is 7.16. The van der Waals surface area contributed by atoms with Crippen LogP contribution < -0.4 is 0 Å². The zero-order chi connectivity index (χ0) is 20.9. The number of H-pyrrole nitrogens is 1. The van der Waals surface area contributed by atoms with Gasteiger partial charge in [-0.2, -0.15) is 13.2 Å². The maximum Gasteiger partial charge on any atom is 0.451 e. The van der Waals surface area contributed by atoms with Crippen LogP contribution >= 0.6 is 23.2 Å². The van der Waals surface area contributed by atoms with Crippen LogP contribution in [0.3, 0.4) is 0 Å². The number of halogens is 5. The number of hydrogen-bond donors (Lipinski definition) is 2. The van der Waals surface area contributed by atoms with E-state index in [4.69, 9.17) is 28.3 Å². The van der Waals surface area contributed by atoms with E-state index in [2.05, 4.69) is 15.0 Å². The van der Waals surface area contributed by atoms with Gasteiger partial charge in [-0.15, -0.1) is 0 Å². The number of nitrogens with zero attached hydrogens (tertiary/aromatic N) is 3. The van der Waals surface area contributed by atoms with Crippen LogP contribution in [0.5, 0.6) is 0 Å². The van der Waals surface area contributed by atoms with E-state index in [0.717, 1.165) is 23.7 Å². The van der Waals surface area contributed by atoms with Gasteiger partial charge in [-0.3, -0.25) is 4.79 Å². The monoisotopic (exact) mass is 444 g/mol. The van der Waals surface area contributed by atoms with Crippen LogP contribution in [-0.4, -0.2) is 44.0 Å². The van der Waals surface area contributed by atoms with Gasteiger partial charge >= 0.3 is 6.18 Å². The van der Waals surface area contributed by atoms with Crippen LogP contribution in [0, 0.1) is 0 Å². The fourth-order valence-corrected chi connectivity index (χ4v) is 3.89. The lowest BCUT2D eigenvalue weighted by atomic mass is 9.97. The summed E-state index contributed by atoms with van der Waals surface area (Å²) in [7, 11) is 0. The Hall–Kier alpha value is -2.36. The van der Waals surface area contributed by atoms with Gasteiger partial charge in [0.1, 0.15) is 6.61 Å². The normalized spacial score (nSPS) is 14.3. The topological polar surface area (TPSA) is 82.1 Å². The quantitative estimate of drug-likeness (QED) is 0.629. The highest BCUT2D eigenvalue weighted by atomic mass is 35.5. The van der Waals surface area contributed by atoms with Crippen molar-refractivity contribution >= 4 is 40.0 Å². The summed E-state index contributed by atoms with van der Waals surface area (Å²) in [5.74, 6) is -1.65. The first-order valence-corrected chi connectivity index (χ1v) is 9.26. The Bertz CT molecular complexity index is 1110. The fraction of sp³-hybridized carbons (Fsp3) is 0.278. The van der Waals surface area contributed by atoms with Crippen molar-refractivity contribution in [3.8, 4) is 11.1 Å². The molecule has 1 aromatic carbocycles. The summed E-state index contributed by atoms with van der Waals surface area (Å²) < 4.78 is 38.4. The molecule has 29 heavy (non-hydrogen) atoms. The first-order valence-electron chi connectivity index (χ1n) is 8.50. The standard InChI is InChI=1S/C18H13Cl2F3N4O2/c19-11-3-9(8-4-24-17(25-5-8)18(21,22)23)14-10-6-27(13(29)7-28)2-1-12(10)26-16(14)15(11)20/h3-5,26,28H,1-2,6-7H2.